The zero-order valence-corrected chi connectivity index (χ0v) is 41.6. The molecule has 3 saturated heterocycles. The number of fused-ring (bicyclic) bond motifs is 3. The summed E-state index contributed by atoms with van der Waals surface area (Å²) in [7, 11) is 0. The van der Waals surface area contributed by atoms with Gasteiger partial charge in [-0.25, -0.2) is 0 Å². The van der Waals surface area contributed by atoms with Crippen molar-refractivity contribution in [2.24, 2.45) is 17.8 Å². The van der Waals surface area contributed by atoms with Crippen LogP contribution < -0.4 is 42.5 Å². The van der Waals surface area contributed by atoms with Crippen LogP contribution in [0.3, 0.4) is 0 Å². The number of para-hydroxylation sites is 1. The largest absolute Gasteiger partial charge is 0.394 e. The van der Waals surface area contributed by atoms with Crippen molar-refractivity contribution in [3.05, 3.63) is 36.0 Å². The van der Waals surface area contributed by atoms with Crippen molar-refractivity contribution in [2.45, 2.75) is 134 Å². The van der Waals surface area contributed by atoms with Crippen LogP contribution in [0.25, 0.3) is 10.9 Å². The summed E-state index contributed by atoms with van der Waals surface area (Å²) < 4.78 is 0. The average Bonchev–Trinajstić information content (AvgIpc) is 4.15. The SMILES string of the molecule is CCC(C)C1NC(=O)C(C(C)C)NC(=O)C(CO)NC(=O)C(CO)NC(=O)C2CCCN2C(=O)C(C(C)C)NC(=O)C2CCCN2C(=O)C(CO)NC(=O)CNC(=O)C(Cc2c[nH]c3ccccc23)NC1=O. The second kappa shape index (κ2) is 25.6. The Morgan fingerprint density at radius 1 is 0.556 bits per heavy atom. The number of carbonyl (C=O) groups is 10. The summed E-state index contributed by atoms with van der Waals surface area (Å²) in [6, 6.07) is -5.12. The number of nitrogens with zero attached hydrogens (tertiary/aromatic N) is 2. The lowest BCUT2D eigenvalue weighted by molar-refractivity contribution is -0.145. The highest BCUT2D eigenvalue weighted by Crippen LogP contribution is 2.24. The first-order valence-electron chi connectivity index (χ1n) is 24.6. The van der Waals surface area contributed by atoms with Gasteiger partial charge in [-0.1, -0.05) is 66.2 Å². The molecule has 12 N–H and O–H groups in total. The van der Waals surface area contributed by atoms with Crippen molar-refractivity contribution in [3.8, 4) is 0 Å². The third-order valence-corrected chi connectivity index (χ3v) is 13.5. The molecule has 0 saturated carbocycles. The lowest BCUT2D eigenvalue weighted by Gasteiger charge is -2.33. The van der Waals surface area contributed by atoms with E-state index in [0.29, 0.717) is 24.8 Å². The molecule has 3 aliphatic heterocycles. The first-order valence-corrected chi connectivity index (χ1v) is 24.6. The van der Waals surface area contributed by atoms with Gasteiger partial charge in [0.15, 0.2) is 0 Å². The van der Waals surface area contributed by atoms with Crippen LogP contribution in [0.1, 0.15) is 79.2 Å². The first kappa shape index (κ1) is 56.3. The molecule has 10 amide bonds. The number of hydrogen-bond acceptors (Lipinski definition) is 13. The first-order chi connectivity index (χ1) is 34.2. The highest BCUT2D eigenvalue weighted by molar-refractivity contribution is 6.00. The summed E-state index contributed by atoms with van der Waals surface area (Å²) in [5.41, 5.74) is 1.36. The summed E-state index contributed by atoms with van der Waals surface area (Å²) >= 11 is 0. The third kappa shape index (κ3) is 13.6. The summed E-state index contributed by atoms with van der Waals surface area (Å²) in [4.78, 5) is 144. The van der Waals surface area contributed by atoms with Gasteiger partial charge < -0.3 is 72.6 Å². The number of aliphatic hydroxyl groups is 3. The smallest absolute Gasteiger partial charge is 0.248 e. The number of carbonyl (C=O) groups excluding carboxylic acids is 10. The Balaban J connectivity index is 1.48. The highest BCUT2D eigenvalue weighted by Gasteiger charge is 2.43. The molecule has 2 aromatic rings. The Bertz CT molecular complexity index is 2320. The molecular weight excluding hydrogens is 939 g/mol. The minimum atomic E-state index is -1.70. The number of aliphatic hydroxyl groups excluding tert-OH is 3. The molecule has 1 aromatic heterocycles. The Hall–Kier alpha value is -6.66. The van der Waals surface area contributed by atoms with Gasteiger partial charge in [-0.2, -0.15) is 0 Å². The second-order valence-electron chi connectivity index (χ2n) is 19.3. The van der Waals surface area contributed by atoms with Crippen LogP contribution in [0.4, 0.5) is 0 Å². The third-order valence-electron chi connectivity index (χ3n) is 13.5. The van der Waals surface area contributed by atoms with E-state index < -0.39 is 158 Å². The number of benzene rings is 1. The highest BCUT2D eigenvalue weighted by atomic mass is 16.3. The molecule has 0 spiro atoms. The molecular formula is C48H71N11O13. The lowest BCUT2D eigenvalue weighted by Crippen LogP contribution is -2.62. The van der Waals surface area contributed by atoms with E-state index in [9.17, 15) is 63.3 Å². The molecule has 4 heterocycles. The second-order valence-corrected chi connectivity index (χ2v) is 19.3. The molecule has 396 valence electrons. The maximum Gasteiger partial charge on any atom is 0.248 e. The van der Waals surface area contributed by atoms with Crippen LogP contribution in [-0.2, 0) is 54.4 Å². The molecule has 0 bridgehead atoms. The molecule has 72 heavy (non-hydrogen) atoms. The summed E-state index contributed by atoms with van der Waals surface area (Å²) in [6.07, 6.45) is 3.00. The number of aromatic amines is 1. The van der Waals surface area contributed by atoms with Gasteiger partial charge >= 0.3 is 0 Å². The zero-order valence-electron chi connectivity index (χ0n) is 41.6. The van der Waals surface area contributed by atoms with Gasteiger partial charge in [-0.05, 0) is 55.1 Å². The predicted octanol–water partition coefficient (Wildman–Crippen LogP) is -3.45. The number of H-pyrrole nitrogens is 1. The minimum absolute atomic E-state index is 0.0729. The number of rotatable bonds is 9. The topological polar surface area (TPSA) is 350 Å². The van der Waals surface area contributed by atoms with Crippen LogP contribution in [0.15, 0.2) is 30.5 Å². The van der Waals surface area contributed by atoms with Crippen LogP contribution in [-0.4, -0.2) is 183 Å². The quantitative estimate of drug-likeness (QED) is 0.117. The van der Waals surface area contributed by atoms with Crippen LogP contribution in [0, 0.1) is 17.8 Å². The molecule has 10 atom stereocenters. The fourth-order valence-electron chi connectivity index (χ4n) is 9.12. The molecule has 10 unspecified atom stereocenters. The average molecular weight is 1010 g/mol. The zero-order chi connectivity index (χ0) is 53.0. The van der Waals surface area contributed by atoms with Crippen molar-refractivity contribution >= 4 is 70.0 Å². The maximum atomic E-state index is 14.3. The molecule has 1 aromatic carbocycles. The molecule has 24 heteroatoms. The van der Waals surface area contributed by atoms with Crippen molar-refractivity contribution < 1.29 is 63.3 Å². The molecule has 3 aliphatic rings. The van der Waals surface area contributed by atoms with E-state index >= 15 is 0 Å². The van der Waals surface area contributed by atoms with E-state index in [1.807, 2.05) is 18.2 Å². The number of amides is 10. The lowest BCUT2D eigenvalue weighted by atomic mass is 9.95. The van der Waals surface area contributed by atoms with Crippen molar-refractivity contribution in [1.82, 2.24) is 57.3 Å². The molecule has 24 nitrogen and oxygen atoms in total. The molecule has 3 fully saturated rings. The van der Waals surface area contributed by atoms with Gasteiger partial charge in [0.2, 0.25) is 59.1 Å². The number of hydrogen-bond donors (Lipinski definition) is 12. The van der Waals surface area contributed by atoms with E-state index in [4.69, 9.17) is 0 Å². The van der Waals surface area contributed by atoms with Gasteiger partial charge in [0.05, 0.1) is 26.4 Å². The number of nitrogens with one attached hydrogen (secondary N) is 9. The van der Waals surface area contributed by atoms with E-state index in [-0.39, 0.29) is 32.4 Å². The summed E-state index contributed by atoms with van der Waals surface area (Å²) in [6.45, 7) is 6.66. The summed E-state index contributed by atoms with van der Waals surface area (Å²) in [5.74, 6) is -10.1. The van der Waals surface area contributed by atoms with Gasteiger partial charge in [0.25, 0.3) is 0 Å². The molecule has 5 rings (SSSR count). The van der Waals surface area contributed by atoms with Crippen molar-refractivity contribution in [1.29, 1.82) is 0 Å². The number of aromatic nitrogens is 1. The molecule has 0 radical (unpaired) electrons. The van der Waals surface area contributed by atoms with Crippen LogP contribution in [0.5, 0.6) is 0 Å². The monoisotopic (exact) mass is 1010 g/mol. The van der Waals surface area contributed by atoms with Crippen molar-refractivity contribution in [3.63, 3.8) is 0 Å². The van der Waals surface area contributed by atoms with E-state index in [1.54, 1.807) is 53.8 Å². The van der Waals surface area contributed by atoms with Gasteiger partial charge in [-0.15, -0.1) is 0 Å². The Morgan fingerprint density at radius 3 is 1.64 bits per heavy atom. The van der Waals surface area contributed by atoms with Crippen LogP contribution in [0.2, 0.25) is 0 Å². The fourth-order valence-corrected chi connectivity index (χ4v) is 9.12. The maximum absolute atomic E-state index is 14.3. The van der Waals surface area contributed by atoms with Gasteiger partial charge in [-0.3, -0.25) is 47.9 Å². The minimum Gasteiger partial charge on any atom is -0.394 e. The van der Waals surface area contributed by atoms with E-state index in [1.165, 1.54) is 9.80 Å². The standard InChI is InChI=1S/C48H71N11O13/c1-7-26(6)39-46(70)52-30(18-27-19-49-29-13-9-8-12-28(27)29)40(64)50-20-36(63)51-33(23-62)47(71)58-16-10-15-35(58)44(68)56-38(25(4)5)48(72)59-17-11-14-34(59)43(67)54-31(21-60)41(65)53-32(22-61)42(66)55-37(24(2)3)45(69)57-39/h8-9,12-13,19,24-26,30-35,37-39,49,60-62H,7,10-11,14-18,20-23H2,1-6H3,(H,50,64)(H,51,63)(H,52,70)(H,53,65)(H,54,67)(H,55,66)(H,56,68)(H,57,69). The fraction of sp³-hybridized carbons (Fsp3) is 0.625. The predicted molar refractivity (Wildman–Crippen MR) is 258 cm³/mol. The Kier molecular flexibility index (Phi) is 20.0. The van der Waals surface area contributed by atoms with Crippen molar-refractivity contribution in [2.75, 3.05) is 39.5 Å². The van der Waals surface area contributed by atoms with Crippen LogP contribution >= 0.6 is 0 Å². The Labute approximate surface area is 417 Å². The Morgan fingerprint density at radius 2 is 1.06 bits per heavy atom. The van der Waals surface area contributed by atoms with E-state index in [2.05, 4.69) is 47.5 Å². The summed E-state index contributed by atoms with van der Waals surface area (Å²) in [5, 5.41) is 51.9. The molecule has 0 aliphatic carbocycles. The van der Waals surface area contributed by atoms with Gasteiger partial charge in [0.1, 0.15) is 54.4 Å². The van der Waals surface area contributed by atoms with E-state index in [0.717, 1.165) is 10.9 Å². The van der Waals surface area contributed by atoms with Gasteiger partial charge in [0, 0.05) is 36.6 Å². The normalized spacial score (nSPS) is 28.0.